The molecule has 2 N–H and O–H groups in total. The molecule has 1 saturated heterocycles. The number of aryl methyl sites for hydroxylation is 1. The van der Waals surface area contributed by atoms with E-state index in [1.165, 1.54) is 4.88 Å². The summed E-state index contributed by atoms with van der Waals surface area (Å²) >= 11 is 1.58. The molecule has 21 heavy (non-hydrogen) atoms. The van der Waals surface area contributed by atoms with E-state index in [4.69, 9.17) is 0 Å². The molecule has 2 heterocycles. The predicted octanol–water partition coefficient (Wildman–Crippen LogP) is 1.34. The summed E-state index contributed by atoms with van der Waals surface area (Å²) in [6.07, 6.45) is 4.22. The Morgan fingerprint density at radius 2 is 2.24 bits per heavy atom. The van der Waals surface area contributed by atoms with E-state index in [0.29, 0.717) is 12.1 Å². The van der Waals surface area contributed by atoms with E-state index in [1.54, 1.807) is 11.3 Å². The molecule has 0 unspecified atom stereocenters. The third kappa shape index (κ3) is 3.26. The lowest BCUT2D eigenvalue weighted by atomic mass is 10.1. The van der Waals surface area contributed by atoms with Gasteiger partial charge in [-0.15, -0.1) is 11.3 Å². The normalized spacial score (nSPS) is 18.8. The number of amides is 1. The van der Waals surface area contributed by atoms with Crippen molar-refractivity contribution in [2.75, 3.05) is 38.0 Å². The number of fused-ring (bicyclic) bond motifs is 1. The van der Waals surface area contributed by atoms with Gasteiger partial charge in [0.15, 0.2) is 0 Å². The van der Waals surface area contributed by atoms with Crippen molar-refractivity contribution in [2.45, 2.75) is 25.7 Å². The van der Waals surface area contributed by atoms with Crippen molar-refractivity contribution in [3.8, 4) is 6.07 Å². The lowest BCUT2D eigenvalue weighted by Crippen LogP contribution is -2.35. The fraction of sp³-hybridized carbons (Fsp3) is 0.600. The molecule has 112 valence electrons. The second-order valence-corrected chi connectivity index (χ2v) is 6.71. The maximum absolute atomic E-state index is 12.2. The number of thiophene rings is 1. The molecular weight excluding hydrogens is 284 g/mol. The highest BCUT2D eigenvalue weighted by Crippen LogP contribution is 2.38. The molecule has 1 amide bonds. The summed E-state index contributed by atoms with van der Waals surface area (Å²) in [4.78, 5) is 15.7. The van der Waals surface area contributed by atoms with Gasteiger partial charge in [0, 0.05) is 18.0 Å². The minimum Gasteiger partial charge on any atom is -0.315 e. The number of hydrogen-bond acceptors (Lipinski definition) is 5. The summed E-state index contributed by atoms with van der Waals surface area (Å²) in [7, 11) is 0. The Balaban J connectivity index is 1.64. The Kier molecular flexibility index (Phi) is 4.54. The van der Waals surface area contributed by atoms with E-state index in [9.17, 15) is 10.1 Å². The van der Waals surface area contributed by atoms with E-state index in [2.05, 4.69) is 21.6 Å². The molecule has 1 aromatic rings. The maximum Gasteiger partial charge on any atom is 0.239 e. The third-order valence-electron chi connectivity index (χ3n) is 4.09. The second kappa shape index (κ2) is 6.56. The Labute approximate surface area is 128 Å². The maximum atomic E-state index is 12.2. The molecule has 1 fully saturated rings. The van der Waals surface area contributed by atoms with Gasteiger partial charge in [-0.1, -0.05) is 0 Å². The van der Waals surface area contributed by atoms with E-state index < -0.39 is 0 Å². The summed E-state index contributed by atoms with van der Waals surface area (Å²) in [6, 6.07) is 2.27. The highest BCUT2D eigenvalue weighted by atomic mass is 32.1. The molecule has 0 saturated carbocycles. The molecular formula is C15H20N4OS. The molecule has 1 aromatic heterocycles. The lowest BCUT2D eigenvalue weighted by Gasteiger charge is -2.18. The van der Waals surface area contributed by atoms with Crippen molar-refractivity contribution in [1.82, 2.24) is 10.2 Å². The van der Waals surface area contributed by atoms with Crippen molar-refractivity contribution >= 4 is 22.2 Å². The molecule has 1 aliphatic heterocycles. The minimum absolute atomic E-state index is 0.00618. The van der Waals surface area contributed by atoms with Gasteiger partial charge in [0.05, 0.1) is 12.1 Å². The van der Waals surface area contributed by atoms with Crippen molar-refractivity contribution in [1.29, 1.82) is 5.26 Å². The quantitative estimate of drug-likeness (QED) is 0.884. The van der Waals surface area contributed by atoms with Crippen LogP contribution in [-0.2, 0) is 17.6 Å². The summed E-state index contributed by atoms with van der Waals surface area (Å²) < 4.78 is 0. The average Bonchev–Trinajstić information content (AvgIpc) is 2.92. The first kappa shape index (κ1) is 14.5. The number of carbonyl (C=O) groups excluding carboxylic acids is 1. The molecule has 0 aromatic carbocycles. The van der Waals surface area contributed by atoms with Crippen LogP contribution in [0, 0.1) is 11.3 Å². The standard InChI is InChI=1S/C15H20N4OS/c16-9-12-11-3-1-4-13(11)21-15(12)18-14(20)10-19-7-2-5-17-6-8-19/h17H,1-8,10H2,(H,18,20). The zero-order valence-corrected chi connectivity index (χ0v) is 12.9. The van der Waals surface area contributed by atoms with E-state index in [1.807, 2.05) is 0 Å². The molecule has 5 nitrogen and oxygen atoms in total. The summed E-state index contributed by atoms with van der Waals surface area (Å²) in [5.41, 5.74) is 1.86. The highest BCUT2D eigenvalue weighted by Gasteiger charge is 2.23. The van der Waals surface area contributed by atoms with Gasteiger partial charge in [0.1, 0.15) is 11.1 Å². The van der Waals surface area contributed by atoms with Gasteiger partial charge in [-0.05, 0) is 44.3 Å². The summed E-state index contributed by atoms with van der Waals surface area (Å²) in [6.45, 7) is 4.22. The van der Waals surface area contributed by atoms with Crippen LogP contribution in [0.3, 0.4) is 0 Å². The van der Waals surface area contributed by atoms with Crippen molar-refractivity contribution in [2.24, 2.45) is 0 Å². The topological polar surface area (TPSA) is 68.2 Å². The molecule has 6 heteroatoms. The molecule has 3 rings (SSSR count). The molecule has 0 radical (unpaired) electrons. The van der Waals surface area contributed by atoms with Gasteiger partial charge in [-0.25, -0.2) is 0 Å². The van der Waals surface area contributed by atoms with Gasteiger partial charge >= 0.3 is 0 Å². The molecule has 0 spiro atoms. The molecule has 1 aliphatic carbocycles. The van der Waals surface area contributed by atoms with Crippen LogP contribution in [0.2, 0.25) is 0 Å². The van der Waals surface area contributed by atoms with E-state index in [0.717, 1.165) is 62.4 Å². The van der Waals surface area contributed by atoms with Crippen molar-refractivity contribution in [3.63, 3.8) is 0 Å². The van der Waals surface area contributed by atoms with Crippen LogP contribution < -0.4 is 10.6 Å². The highest BCUT2D eigenvalue weighted by molar-refractivity contribution is 7.16. The Hall–Kier alpha value is -1.42. The van der Waals surface area contributed by atoms with Crippen LogP contribution in [0.15, 0.2) is 0 Å². The first-order chi connectivity index (χ1) is 10.3. The first-order valence-electron chi connectivity index (χ1n) is 7.55. The van der Waals surface area contributed by atoms with Gasteiger partial charge in [-0.2, -0.15) is 5.26 Å². The van der Waals surface area contributed by atoms with Gasteiger partial charge in [0.2, 0.25) is 5.91 Å². The van der Waals surface area contributed by atoms with Gasteiger partial charge < -0.3 is 10.6 Å². The van der Waals surface area contributed by atoms with E-state index >= 15 is 0 Å². The molecule has 0 bridgehead atoms. The summed E-state index contributed by atoms with van der Waals surface area (Å²) in [5.74, 6) is -0.00618. The number of anilines is 1. The molecule has 0 atom stereocenters. The molecule has 2 aliphatic rings. The zero-order chi connectivity index (χ0) is 14.7. The van der Waals surface area contributed by atoms with Crippen LogP contribution in [0.5, 0.6) is 0 Å². The monoisotopic (exact) mass is 304 g/mol. The average molecular weight is 304 g/mol. The van der Waals surface area contributed by atoms with Crippen LogP contribution in [0.4, 0.5) is 5.00 Å². The number of rotatable bonds is 3. The van der Waals surface area contributed by atoms with Crippen LogP contribution in [0.25, 0.3) is 0 Å². The van der Waals surface area contributed by atoms with Crippen molar-refractivity contribution in [3.05, 3.63) is 16.0 Å². The minimum atomic E-state index is -0.00618. The third-order valence-corrected chi connectivity index (χ3v) is 5.29. The number of hydrogen-bond donors (Lipinski definition) is 2. The summed E-state index contributed by atoms with van der Waals surface area (Å²) in [5, 5.41) is 16.4. The number of carbonyl (C=O) groups is 1. The Bertz CT molecular complexity index is 567. The van der Waals surface area contributed by atoms with Crippen molar-refractivity contribution < 1.29 is 4.79 Å². The van der Waals surface area contributed by atoms with Crippen LogP contribution in [0.1, 0.15) is 28.8 Å². The second-order valence-electron chi connectivity index (χ2n) is 5.60. The lowest BCUT2D eigenvalue weighted by molar-refractivity contribution is -0.117. The Morgan fingerprint density at radius 3 is 3.10 bits per heavy atom. The van der Waals surface area contributed by atoms with Crippen LogP contribution >= 0.6 is 11.3 Å². The predicted molar refractivity (Wildman–Crippen MR) is 83.6 cm³/mol. The number of nitrogens with one attached hydrogen (secondary N) is 2. The fourth-order valence-electron chi connectivity index (χ4n) is 3.04. The van der Waals surface area contributed by atoms with Gasteiger partial charge in [0.25, 0.3) is 0 Å². The SMILES string of the molecule is N#Cc1c(NC(=O)CN2CCCNCC2)sc2c1CCC2. The largest absolute Gasteiger partial charge is 0.315 e. The van der Waals surface area contributed by atoms with Gasteiger partial charge in [-0.3, -0.25) is 9.69 Å². The smallest absolute Gasteiger partial charge is 0.239 e. The number of nitrogens with zero attached hydrogens (tertiary/aromatic N) is 2. The first-order valence-corrected chi connectivity index (χ1v) is 8.37. The van der Waals surface area contributed by atoms with Crippen LogP contribution in [-0.4, -0.2) is 43.5 Å². The zero-order valence-electron chi connectivity index (χ0n) is 12.1. The fourth-order valence-corrected chi connectivity index (χ4v) is 4.30. The Morgan fingerprint density at radius 1 is 1.33 bits per heavy atom. The number of nitriles is 1. The van der Waals surface area contributed by atoms with E-state index in [-0.39, 0.29) is 5.91 Å².